The third-order valence-electron chi connectivity index (χ3n) is 2.66. The summed E-state index contributed by atoms with van der Waals surface area (Å²) in [4.78, 5) is 0. The monoisotopic (exact) mass is 234 g/mol. The highest BCUT2D eigenvalue weighted by molar-refractivity contribution is 5.13. The maximum atomic E-state index is 9.27. The van der Waals surface area contributed by atoms with Crippen LogP contribution in [0.2, 0.25) is 0 Å². The molecule has 0 saturated heterocycles. The van der Waals surface area contributed by atoms with Crippen LogP contribution >= 0.6 is 0 Å². The van der Waals surface area contributed by atoms with Crippen LogP contribution in [-0.4, -0.2) is 17.3 Å². The molecule has 0 aliphatic heterocycles. The van der Waals surface area contributed by atoms with Crippen molar-refractivity contribution in [2.45, 2.75) is 45.0 Å². The minimum atomic E-state index is -0.261. The van der Waals surface area contributed by atoms with Crippen molar-refractivity contribution in [2.75, 3.05) is 0 Å². The summed E-state index contributed by atoms with van der Waals surface area (Å²) in [5, 5.41) is 9.27. The summed E-state index contributed by atoms with van der Waals surface area (Å²) in [6.45, 7) is 6.17. The Morgan fingerprint density at radius 1 is 1.29 bits per heavy atom. The lowest BCUT2D eigenvalue weighted by molar-refractivity contribution is 0.0273. The molecule has 2 nitrogen and oxygen atoms in total. The van der Waals surface area contributed by atoms with Gasteiger partial charge in [-0.05, 0) is 31.7 Å². The highest BCUT2D eigenvalue weighted by Gasteiger charge is 2.09. The van der Waals surface area contributed by atoms with Crippen LogP contribution in [0.5, 0.6) is 0 Å². The molecule has 0 fully saturated rings. The molecule has 0 aliphatic carbocycles. The molecular formula is C15H22O2. The Morgan fingerprint density at radius 3 is 2.59 bits per heavy atom. The second kappa shape index (κ2) is 8.04. The Kier molecular flexibility index (Phi) is 6.60. The summed E-state index contributed by atoms with van der Waals surface area (Å²) in [5.41, 5.74) is 1.18. The van der Waals surface area contributed by atoms with Gasteiger partial charge in [-0.3, -0.25) is 0 Å². The average Bonchev–Trinajstić information content (AvgIpc) is 2.34. The lowest BCUT2D eigenvalue weighted by Gasteiger charge is -2.17. The lowest BCUT2D eigenvalue weighted by Crippen LogP contribution is -2.14. The molecule has 1 N–H and O–H groups in total. The molecule has 0 saturated carbocycles. The number of aliphatic hydroxyl groups is 1. The number of aliphatic hydroxyl groups excluding tert-OH is 1. The van der Waals surface area contributed by atoms with Gasteiger partial charge in [-0.2, -0.15) is 0 Å². The van der Waals surface area contributed by atoms with Crippen LogP contribution in [-0.2, 0) is 11.3 Å². The van der Waals surface area contributed by atoms with Gasteiger partial charge in [0.1, 0.15) is 0 Å². The minimum absolute atomic E-state index is 0.155. The first-order valence-corrected chi connectivity index (χ1v) is 6.17. The third-order valence-corrected chi connectivity index (χ3v) is 2.66. The summed E-state index contributed by atoms with van der Waals surface area (Å²) < 4.78 is 5.84. The lowest BCUT2D eigenvalue weighted by atomic mass is 10.1. The molecule has 0 aliphatic rings. The van der Waals surface area contributed by atoms with Gasteiger partial charge in [-0.15, -0.1) is 6.58 Å². The molecule has 17 heavy (non-hydrogen) atoms. The number of rotatable bonds is 8. The van der Waals surface area contributed by atoms with E-state index in [1.807, 2.05) is 31.2 Å². The summed E-state index contributed by atoms with van der Waals surface area (Å²) >= 11 is 0. The van der Waals surface area contributed by atoms with Gasteiger partial charge in [0, 0.05) is 0 Å². The fourth-order valence-corrected chi connectivity index (χ4v) is 1.67. The molecule has 0 radical (unpaired) electrons. The van der Waals surface area contributed by atoms with Crippen molar-refractivity contribution < 1.29 is 9.84 Å². The van der Waals surface area contributed by atoms with Crippen LogP contribution in [0.1, 0.15) is 31.7 Å². The first-order valence-electron chi connectivity index (χ1n) is 6.17. The molecule has 94 valence electrons. The second-order valence-electron chi connectivity index (χ2n) is 4.37. The van der Waals surface area contributed by atoms with E-state index in [-0.39, 0.29) is 12.2 Å². The summed E-state index contributed by atoms with van der Waals surface area (Å²) in [6, 6.07) is 10.1. The largest absolute Gasteiger partial charge is 0.393 e. The highest BCUT2D eigenvalue weighted by Crippen LogP contribution is 2.12. The van der Waals surface area contributed by atoms with Crippen LogP contribution in [0.25, 0.3) is 0 Å². The predicted octanol–water partition coefficient (Wildman–Crippen LogP) is 3.31. The van der Waals surface area contributed by atoms with E-state index < -0.39 is 0 Å². The van der Waals surface area contributed by atoms with E-state index in [2.05, 4.69) is 18.7 Å². The van der Waals surface area contributed by atoms with E-state index in [9.17, 15) is 5.11 Å². The van der Waals surface area contributed by atoms with Crippen molar-refractivity contribution in [3.8, 4) is 0 Å². The maximum absolute atomic E-state index is 9.27. The van der Waals surface area contributed by atoms with Crippen LogP contribution < -0.4 is 0 Å². The Morgan fingerprint density at radius 2 is 2.00 bits per heavy atom. The number of benzene rings is 1. The smallest absolute Gasteiger partial charge is 0.0720 e. The molecule has 0 unspecified atom stereocenters. The zero-order valence-corrected chi connectivity index (χ0v) is 10.5. The molecule has 1 aromatic carbocycles. The van der Waals surface area contributed by atoms with Crippen LogP contribution in [0.3, 0.4) is 0 Å². The van der Waals surface area contributed by atoms with Crippen molar-refractivity contribution in [1.82, 2.24) is 0 Å². The number of hydrogen-bond acceptors (Lipinski definition) is 2. The molecule has 1 aromatic rings. The second-order valence-corrected chi connectivity index (χ2v) is 4.37. The third kappa shape index (κ3) is 6.25. The van der Waals surface area contributed by atoms with Gasteiger partial charge in [0.05, 0.1) is 18.8 Å². The quantitative estimate of drug-likeness (QED) is 0.699. The number of ether oxygens (including phenoxy) is 1. The first kappa shape index (κ1) is 13.9. The fraction of sp³-hybridized carbons (Fsp3) is 0.467. The molecular weight excluding hydrogens is 212 g/mol. The van der Waals surface area contributed by atoms with E-state index in [0.29, 0.717) is 6.61 Å². The molecule has 2 atom stereocenters. The minimum Gasteiger partial charge on any atom is -0.393 e. The van der Waals surface area contributed by atoms with Crippen LogP contribution in [0.4, 0.5) is 0 Å². The van der Waals surface area contributed by atoms with Gasteiger partial charge in [-0.25, -0.2) is 0 Å². The standard InChI is InChI=1S/C15H22O2/c1-3-7-15(11-10-13(2)16)17-12-14-8-5-4-6-9-14/h3-6,8-9,13,15-16H,1,7,10-12H2,2H3/t13-,15+/m1/s1. The zero-order chi connectivity index (χ0) is 12.5. The Balaban J connectivity index is 2.36. The molecule has 0 aromatic heterocycles. The van der Waals surface area contributed by atoms with Crippen molar-refractivity contribution in [3.05, 3.63) is 48.6 Å². The molecule has 2 heteroatoms. The van der Waals surface area contributed by atoms with Crippen molar-refractivity contribution in [1.29, 1.82) is 0 Å². The van der Waals surface area contributed by atoms with Gasteiger partial charge in [0.2, 0.25) is 0 Å². The molecule has 1 rings (SSSR count). The number of hydrogen-bond donors (Lipinski definition) is 1. The van der Waals surface area contributed by atoms with E-state index in [4.69, 9.17) is 4.74 Å². The van der Waals surface area contributed by atoms with Crippen molar-refractivity contribution in [3.63, 3.8) is 0 Å². The van der Waals surface area contributed by atoms with E-state index in [1.54, 1.807) is 0 Å². The van der Waals surface area contributed by atoms with Gasteiger partial charge in [0.25, 0.3) is 0 Å². The Labute approximate surface area is 104 Å². The zero-order valence-electron chi connectivity index (χ0n) is 10.5. The van der Waals surface area contributed by atoms with Gasteiger partial charge in [0.15, 0.2) is 0 Å². The van der Waals surface area contributed by atoms with E-state index in [1.165, 1.54) is 5.56 Å². The maximum Gasteiger partial charge on any atom is 0.0720 e. The van der Waals surface area contributed by atoms with E-state index in [0.717, 1.165) is 19.3 Å². The van der Waals surface area contributed by atoms with Crippen molar-refractivity contribution in [2.24, 2.45) is 0 Å². The van der Waals surface area contributed by atoms with Crippen LogP contribution in [0, 0.1) is 0 Å². The predicted molar refractivity (Wildman–Crippen MR) is 70.7 cm³/mol. The molecule has 0 bridgehead atoms. The summed E-state index contributed by atoms with van der Waals surface area (Å²) in [5.74, 6) is 0. The fourth-order valence-electron chi connectivity index (χ4n) is 1.67. The molecule has 0 heterocycles. The van der Waals surface area contributed by atoms with Gasteiger partial charge in [-0.1, -0.05) is 36.4 Å². The Hall–Kier alpha value is -1.12. The van der Waals surface area contributed by atoms with Gasteiger partial charge >= 0.3 is 0 Å². The average molecular weight is 234 g/mol. The van der Waals surface area contributed by atoms with Gasteiger partial charge < -0.3 is 9.84 Å². The highest BCUT2D eigenvalue weighted by atomic mass is 16.5. The Bertz CT molecular complexity index is 306. The van der Waals surface area contributed by atoms with E-state index >= 15 is 0 Å². The topological polar surface area (TPSA) is 29.5 Å². The summed E-state index contributed by atoms with van der Waals surface area (Å²) in [7, 11) is 0. The SMILES string of the molecule is C=CC[C@@H](CC[C@@H](C)O)OCc1ccccc1. The van der Waals surface area contributed by atoms with Crippen molar-refractivity contribution >= 4 is 0 Å². The first-order chi connectivity index (χ1) is 8.22. The van der Waals surface area contributed by atoms with Crippen LogP contribution in [0.15, 0.2) is 43.0 Å². The molecule has 0 spiro atoms. The normalized spacial score (nSPS) is 14.2. The molecule has 0 amide bonds. The summed E-state index contributed by atoms with van der Waals surface area (Å²) in [6.07, 6.45) is 4.24.